The van der Waals surface area contributed by atoms with Gasteiger partial charge in [0.05, 0.1) is 0 Å². The van der Waals surface area contributed by atoms with Gasteiger partial charge in [-0.3, -0.25) is 0 Å². The molecule has 0 aromatic rings. The standard InChI is InChI=1S/C13H27N3O2/c1-5-10(8-15-11-6-9(14)7-11)16-12(17)18-13(2,3)4/h9-11,15H,5-8,14H2,1-4H3,(H,16,17). The Balaban J connectivity index is 2.22. The number of alkyl carbamates (subject to hydrolysis) is 1. The molecule has 1 atom stereocenters. The fourth-order valence-electron chi connectivity index (χ4n) is 1.91. The van der Waals surface area contributed by atoms with Crippen molar-refractivity contribution >= 4 is 6.09 Å². The van der Waals surface area contributed by atoms with E-state index in [1.54, 1.807) is 0 Å². The number of rotatable bonds is 5. The quantitative estimate of drug-likeness (QED) is 0.695. The number of nitrogens with one attached hydrogen (secondary N) is 2. The second kappa shape index (κ2) is 6.38. The SMILES string of the molecule is CCC(CNC1CC(N)C1)NC(=O)OC(C)(C)C. The number of amides is 1. The van der Waals surface area contributed by atoms with Crippen LogP contribution < -0.4 is 16.4 Å². The van der Waals surface area contributed by atoms with Crippen molar-refractivity contribution in [3.05, 3.63) is 0 Å². The van der Waals surface area contributed by atoms with Crippen LogP contribution in [0.2, 0.25) is 0 Å². The molecule has 0 heterocycles. The van der Waals surface area contributed by atoms with Crippen molar-refractivity contribution in [3.8, 4) is 0 Å². The first-order chi connectivity index (χ1) is 8.30. The highest BCUT2D eigenvalue weighted by Crippen LogP contribution is 2.17. The molecule has 0 spiro atoms. The fourth-order valence-corrected chi connectivity index (χ4v) is 1.91. The average molecular weight is 257 g/mol. The van der Waals surface area contributed by atoms with Gasteiger partial charge in [-0.2, -0.15) is 0 Å². The molecule has 18 heavy (non-hydrogen) atoms. The molecule has 5 nitrogen and oxygen atoms in total. The van der Waals surface area contributed by atoms with Gasteiger partial charge in [-0.05, 0) is 40.0 Å². The van der Waals surface area contributed by atoms with Gasteiger partial charge in [0.15, 0.2) is 0 Å². The van der Waals surface area contributed by atoms with Crippen LogP contribution in [-0.2, 0) is 4.74 Å². The van der Waals surface area contributed by atoms with E-state index in [9.17, 15) is 4.79 Å². The van der Waals surface area contributed by atoms with Crippen LogP contribution in [0, 0.1) is 0 Å². The molecule has 1 aliphatic rings. The number of hydrogen-bond donors (Lipinski definition) is 3. The second-order valence-corrected chi connectivity index (χ2v) is 6.09. The summed E-state index contributed by atoms with van der Waals surface area (Å²) in [6, 6.07) is 0.965. The molecule has 1 fully saturated rings. The predicted octanol–water partition coefficient (Wildman–Crippen LogP) is 1.37. The Morgan fingerprint density at radius 1 is 1.44 bits per heavy atom. The van der Waals surface area contributed by atoms with Crippen molar-refractivity contribution in [2.24, 2.45) is 5.73 Å². The lowest BCUT2D eigenvalue weighted by atomic mass is 9.87. The zero-order valence-electron chi connectivity index (χ0n) is 12.0. The Kier molecular flexibility index (Phi) is 5.41. The molecule has 1 rings (SSSR count). The Bertz CT molecular complexity index is 270. The van der Waals surface area contributed by atoms with Crippen LogP contribution >= 0.6 is 0 Å². The minimum absolute atomic E-state index is 0.108. The van der Waals surface area contributed by atoms with E-state index in [4.69, 9.17) is 10.5 Å². The molecule has 0 aromatic carbocycles. The van der Waals surface area contributed by atoms with Crippen LogP contribution in [0.3, 0.4) is 0 Å². The summed E-state index contributed by atoms with van der Waals surface area (Å²) in [5, 5.41) is 6.30. The molecule has 1 unspecified atom stereocenters. The monoisotopic (exact) mass is 257 g/mol. The van der Waals surface area contributed by atoms with Gasteiger partial charge in [-0.1, -0.05) is 6.92 Å². The van der Waals surface area contributed by atoms with Gasteiger partial charge in [0, 0.05) is 24.7 Å². The van der Waals surface area contributed by atoms with E-state index in [-0.39, 0.29) is 12.1 Å². The zero-order chi connectivity index (χ0) is 13.8. The maximum absolute atomic E-state index is 11.6. The van der Waals surface area contributed by atoms with E-state index < -0.39 is 5.60 Å². The third-order valence-electron chi connectivity index (χ3n) is 3.04. The maximum atomic E-state index is 11.6. The summed E-state index contributed by atoms with van der Waals surface area (Å²) in [7, 11) is 0. The first-order valence-electron chi connectivity index (χ1n) is 6.78. The number of carbonyl (C=O) groups excluding carboxylic acids is 1. The number of nitrogens with two attached hydrogens (primary N) is 1. The summed E-state index contributed by atoms with van der Waals surface area (Å²) in [5.74, 6) is 0. The lowest BCUT2D eigenvalue weighted by molar-refractivity contribution is 0.0500. The van der Waals surface area contributed by atoms with E-state index in [0.29, 0.717) is 12.1 Å². The summed E-state index contributed by atoms with van der Waals surface area (Å²) in [4.78, 5) is 11.6. The topological polar surface area (TPSA) is 76.4 Å². The van der Waals surface area contributed by atoms with Crippen LogP contribution in [0.4, 0.5) is 4.79 Å². The first-order valence-corrected chi connectivity index (χ1v) is 6.78. The molecule has 0 aromatic heterocycles. The normalized spacial score (nSPS) is 25.2. The van der Waals surface area contributed by atoms with Crippen LogP contribution in [0.25, 0.3) is 0 Å². The third-order valence-corrected chi connectivity index (χ3v) is 3.04. The zero-order valence-corrected chi connectivity index (χ0v) is 12.0. The van der Waals surface area contributed by atoms with E-state index in [2.05, 4.69) is 17.6 Å². The van der Waals surface area contributed by atoms with Crippen molar-refractivity contribution < 1.29 is 9.53 Å². The smallest absolute Gasteiger partial charge is 0.407 e. The molecule has 0 saturated heterocycles. The van der Waals surface area contributed by atoms with Gasteiger partial charge in [-0.15, -0.1) is 0 Å². The van der Waals surface area contributed by atoms with Gasteiger partial charge in [0.1, 0.15) is 5.60 Å². The minimum Gasteiger partial charge on any atom is -0.444 e. The van der Waals surface area contributed by atoms with Crippen LogP contribution in [-0.4, -0.2) is 36.4 Å². The highest BCUT2D eigenvalue weighted by Gasteiger charge is 2.26. The van der Waals surface area contributed by atoms with E-state index in [1.807, 2.05) is 20.8 Å². The second-order valence-electron chi connectivity index (χ2n) is 6.09. The predicted molar refractivity (Wildman–Crippen MR) is 72.4 cm³/mol. The first kappa shape index (κ1) is 15.2. The Morgan fingerprint density at radius 3 is 2.50 bits per heavy atom. The molecule has 0 bridgehead atoms. The van der Waals surface area contributed by atoms with Gasteiger partial charge in [0.2, 0.25) is 0 Å². The van der Waals surface area contributed by atoms with Crippen molar-refractivity contribution in [1.29, 1.82) is 0 Å². The van der Waals surface area contributed by atoms with E-state index in [1.165, 1.54) is 0 Å². The van der Waals surface area contributed by atoms with E-state index in [0.717, 1.165) is 25.8 Å². The summed E-state index contributed by atoms with van der Waals surface area (Å²) in [5.41, 5.74) is 5.28. The molecular weight excluding hydrogens is 230 g/mol. The van der Waals surface area contributed by atoms with Crippen molar-refractivity contribution in [2.75, 3.05) is 6.54 Å². The van der Waals surface area contributed by atoms with Crippen LogP contribution in [0.1, 0.15) is 47.0 Å². The summed E-state index contributed by atoms with van der Waals surface area (Å²) in [6.07, 6.45) is 2.60. The molecule has 1 aliphatic carbocycles. The van der Waals surface area contributed by atoms with Crippen LogP contribution in [0.5, 0.6) is 0 Å². The Labute approximate surface area is 110 Å². The molecular formula is C13H27N3O2. The van der Waals surface area contributed by atoms with Crippen molar-refractivity contribution in [2.45, 2.75) is 70.7 Å². The molecule has 106 valence electrons. The van der Waals surface area contributed by atoms with Crippen LogP contribution in [0.15, 0.2) is 0 Å². The molecule has 5 heteroatoms. The largest absolute Gasteiger partial charge is 0.444 e. The Morgan fingerprint density at radius 2 is 2.06 bits per heavy atom. The number of ether oxygens (including phenoxy) is 1. The molecule has 1 amide bonds. The van der Waals surface area contributed by atoms with Gasteiger partial charge < -0.3 is 21.1 Å². The van der Waals surface area contributed by atoms with Gasteiger partial charge in [-0.25, -0.2) is 4.79 Å². The maximum Gasteiger partial charge on any atom is 0.407 e. The number of hydrogen-bond acceptors (Lipinski definition) is 4. The molecule has 0 radical (unpaired) electrons. The molecule has 1 saturated carbocycles. The summed E-state index contributed by atoms with van der Waals surface area (Å²) >= 11 is 0. The van der Waals surface area contributed by atoms with Gasteiger partial charge in [0.25, 0.3) is 0 Å². The van der Waals surface area contributed by atoms with Crippen molar-refractivity contribution in [1.82, 2.24) is 10.6 Å². The lowest BCUT2D eigenvalue weighted by Crippen LogP contribution is -2.52. The molecule has 0 aliphatic heterocycles. The molecule has 4 N–H and O–H groups in total. The van der Waals surface area contributed by atoms with Gasteiger partial charge >= 0.3 is 6.09 Å². The summed E-state index contributed by atoms with van der Waals surface area (Å²) in [6.45, 7) is 8.41. The fraction of sp³-hybridized carbons (Fsp3) is 0.923. The van der Waals surface area contributed by atoms with E-state index >= 15 is 0 Å². The minimum atomic E-state index is -0.448. The Hall–Kier alpha value is -0.810. The highest BCUT2D eigenvalue weighted by atomic mass is 16.6. The van der Waals surface area contributed by atoms with Crippen molar-refractivity contribution in [3.63, 3.8) is 0 Å². The average Bonchev–Trinajstić information content (AvgIpc) is 2.17. The number of carbonyl (C=O) groups is 1. The third kappa shape index (κ3) is 5.69. The lowest BCUT2D eigenvalue weighted by Gasteiger charge is -2.34. The highest BCUT2D eigenvalue weighted by molar-refractivity contribution is 5.68. The summed E-state index contributed by atoms with van der Waals surface area (Å²) < 4.78 is 5.24.